The van der Waals surface area contributed by atoms with E-state index in [9.17, 15) is 19.7 Å². The van der Waals surface area contributed by atoms with Crippen molar-refractivity contribution in [2.24, 2.45) is 5.92 Å². The molecule has 0 bridgehead atoms. The standard InChI is InChI=1S/C13H14N2O5/c1-8-2-3-10(5-11(8)15(19)20)13(18)14-6-9(7-14)4-12(16)17/h2-3,5,9H,4,6-7H2,1H3,(H,16,17). The van der Waals surface area contributed by atoms with Gasteiger partial charge in [-0.15, -0.1) is 0 Å². The quantitative estimate of drug-likeness (QED) is 0.663. The topological polar surface area (TPSA) is 101 Å². The van der Waals surface area contributed by atoms with Gasteiger partial charge in [0, 0.05) is 36.2 Å². The molecule has 1 N–H and O–H groups in total. The van der Waals surface area contributed by atoms with Gasteiger partial charge in [0.2, 0.25) is 0 Å². The molecule has 2 rings (SSSR count). The van der Waals surface area contributed by atoms with E-state index in [2.05, 4.69) is 0 Å². The maximum absolute atomic E-state index is 12.1. The molecule has 0 spiro atoms. The second kappa shape index (κ2) is 5.28. The van der Waals surface area contributed by atoms with Gasteiger partial charge in [0.15, 0.2) is 0 Å². The molecule has 20 heavy (non-hydrogen) atoms. The zero-order valence-electron chi connectivity index (χ0n) is 10.9. The summed E-state index contributed by atoms with van der Waals surface area (Å²) in [5, 5.41) is 19.5. The Morgan fingerprint density at radius 3 is 2.65 bits per heavy atom. The fourth-order valence-electron chi connectivity index (χ4n) is 2.23. The Bertz CT molecular complexity index is 578. The molecule has 1 aliphatic rings. The number of aryl methyl sites for hydroxylation is 1. The van der Waals surface area contributed by atoms with Crippen LogP contribution in [0.1, 0.15) is 22.3 Å². The van der Waals surface area contributed by atoms with Crippen LogP contribution < -0.4 is 0 Å². The average Bonchev–Trinajstić information content (AvgIpc) is 2.32. The van der Waals surface area contributed by atoms with Crippen LogP contribution in [0.3, 0.4) is 0 Å². The summed E-state index contributed by atoms with van der Waals surface area (Å²) >= 11 is 0. The third kappa shape index (κ3) is 2.76. The molecular weight excluding hydrogens is 264 g/mol. The van der Waals surface area contributed by atoms with Crippen molar-refractivity contribution in [2.45, 2.75) is 13.3 Å². The number of nitro groups is 1. The van der Waals surface area contributed by atoms with Crippen LogP contribution in [0, 0.1) is 23.0 Å². The molecule has 1 aromatic carbocycles. The molecule has 0 unspecified atom stereocenters. The second-order valence-electron chi connectivity index (χ2n) is 4.93. The largest absolute Gasteiger partial charge is 0.481 e. The molecule has 1 amide bonds. The van der Waals surface area contributed by atoms with Crippen molar-refractivity contribution in [1.29, 1.82) is 0 Å². The van der Waals surface area contributed by atoms with Crippen molar-refractivity contribution >= 4 is 17.6 Å². The Labute approximate surface area is 115 Å². The third-order valence-corrected chi connectivity index (χ3v) is 3.36. The van der Waals surface area contributed by atoms with Gasteiger partial charge in [-0.25, -0.2) is 0 Å². The minimum atomic E-state index is -0.881. The van der Waals surface area contributed by atoms with E-state index >= 15 is 0 Å². The number of carbonyl (C=O) groups is 2. The van der Waals surface area contributed by atoms with Crippen LogP contribution in [0.25, 0.3) is 0 Å². The number of carboxylic acids is 1. The second-order valence-corrected chi connectivity index (χ2v) is 4.93. The van der Waals surface area contributed by atoms with Gasteiger partial charge in [-0.2, -0.15) is 0 Å². The predicted octanol–water partition coefficient (Wildman–Crippen LogP) is 1.45. The summed E-state index contributed by atoms with van der Waals surface area (Å²) in [6.45, 7) is 2.37. The molecule has 1 heterocycles. The Hall–Kier alpha value is -2.44. The van der Waals surface area contributed by atoms with Gasteiger partial charge in [-0.3, -0.25) is 19.7 Å². The minimum Gasteiger partial charge on any atom is -0.481 e. The highest BCUT2D eigenvalue weighted by molar-refractivity contribution is 5.95. The van der Waals surface area contributed by atoms with Crippen molar-refractivity contribution in [2.75, 3.05) is 13.1 Å². The molecule has 0 aromatic heterocycles. The van der Waals surface area contributed by atoms with Crippen LogP contribution in [0.2, 0.25) is 0 Å². The lowest BCUT2D eigenvalue weighted by atomic mass is 9.95. The zero-order chi connectivity index (χ0) is 14.9. The molecule has 1 saturated heterocycles. The third-order valence-electron chi connectivity index (χ3n) is 3.36. The van der Waals surface area contributed by atoms with Crippen LogP contribution in [-0.4, -0.2) is 39.9 Å². The molecule has 1 aromatic rings. The van der Waals surface area contributed by atoms with E-state index in [0.717, 1.165) is 0 Å². The van der Waals surface area contributed by atoms with Gasteiger partial charge in [0.25, 0.3) is 11.6 Å². The highest BCUT2D eigenvalue weighted by Crippen LogP contribution is 2.24. The van der Waals surface area contributed by atoms with Gasteiger partial charge >= 0.3 is 5.97 Å². The van der Waals surface area contributed by atoms with E-state index in [1.807, 2.05) is 0 Å². The number of likely N-dealkylation sites (tertiary alicyclic amines) is 1. The Morgan fingerprint density at radius 2 is 2.10 bits per heavy atom. The molecule has 7 nitrogen and oxygen atoms in total. The van der Waals surface area contributed by atoms with Crippen molar-refractivity contribution < 1.29 is 19.6 Å². The number of aliphatic carboxylic acids is 1. The zero-order valence-corrected chi connectivity index (χ0v) is 10.9. The lowest BCUT2D eigenvalue weighted by Crippen LogP contribution is -2.50. The number of nitro benzene ring substituents is 1. The lowest BCUT2D eigenvalue weighted by molar-refractivity contribution is -0.385. The first-order chi connectivity index (χ1) is 9.38. The van der Waals surface area contributed by atoms with Gasteiger partial charge in [-0.05, 0) is 13.0 Å². The Balaban J connectivity index is 2.06. The fraction of sp³-hybridized carbons (Fsp3) is 0.385. The first-order valence-corrected chi connectivity index (χ1v) is 6.14. The van der Waals surface area contributed by atoms with Crippen LogP contribution in [0.4, 0.5) is 5.69 Å². The summed E-state index contributed by atoms with van der Waals surface area (Å²) in [6.07, 6.45) is 0.0395. The first kappa shape index (κ1) is 14.0. The number of carbonyl (C=O) groups excluding carboxylic acids is 1. The summed E-state index contributed by atoms with van der Waals surface area (Å²) in [6, 6.07) is 4.36. The SMILES string of the molecule is Cc1ccc(C(=O)N2CC(CC(=O)O)C2)cc1[N+](=O)[O-]. The molecule has 0 atom stereocenters. The van der Waals surface area contributed by atoms with Crippen LogP contribution in [0.5, 0.6) is 0 Å². The van der Waals surface area contributed by atoms with E-state index in [1.165, 1.54) is 11.0 Å². The van der Waals surface area contributed by atoms with E-state index in [-0.39, 0.29) is 29.5 Å². The maximum atomic E-state index is 12.1. The van der Waals surface area contributed by atoms with Gasteiger partial charge < -0.3 is 10.0 Å². The van der Waals surface area contributed by atoms with E-state index in [0.29, 0.717) is 18.7 Å². The Morgan fingerprint density at radius 1 is 1.45 bits per heavy atom. The number of hydrogen-bond acceptors (Lipinski definition) is 4. The minimum absolute atomic E-state index is 0.0307. The highest BCUT2D eigenvalue weighted by atomic mass is 16.6. The van der Waals surface area contributed by atoms with E-state index in [1.54, 1.807) is 19.1 Å². The van der Waals surface area contributed by atoms with Crippen molar-refractivity contribution in [1.82, 2.24) is 4.90 Å². The fourth-order valence-corrected chi connectivity index (χ4v) is 2.23. The highest BCUT2D eigenvalue weighted by Gasteiger charge is 2.33. The molecular formula is C13H14N2O5. The molecule has 7 heteroatoms. The number of carboxylic acid groups (broad SMARTS) is 1. The molecule has 1 aliphatic heterocycles. The van der Waals surface area contributed by atoms with Gasteiger partial charge in [0.1, 0.15) is 0 Å². The molecule has 0 radical (unpaired) electrons. The van der Waals surface area contributed by atoms with E-state index < -0.39 is 10.9 Å². The van der Waals surface area contributed by atoms with Crippen LogP contribution >= 0.6 is 0 Å². The smallest absolute Gasteiger partial charge is 0.303 e. The van der Waals surface area contributed by atoms with Gasteiger partial charge in [-0.1, -0.05) is 6.07 Å². The van der Waals surface area contributed by atoms with Crippen molar-refractivity contribution in [3.8, 4) is 0 Å². The maximum Gasteiger partial charge on any atom is 0.303 e. The monoisotopic (exact) mass is 278 g/mol. The van der Waals surface area contributed by atoms with E-state index in [4.69, 9.17) is 5.11 Å². The van der Waals surface area contributed by atoms with Crippen molar-refractivity contribution in [3.63, 3.8) is 0 Å². The summed E-state index contributed by atoms with van der Waals surface area (Å²) in [4.78, 5) is 34.5. The number of amides is 1. The number of rotatable bonds is 4. The number of hydrogen-bond donors (Lipinski definition) is 1. The Kier molecular flexibility index (Phi) is 3.69. The van der Waals surface area contributed by atoms with Crippen LogP contribution in [-0.2, 0) is 4.79 Å². The predicted molar refractivity (Wildman–Crippen MR) is 69.5 cm³/mol. The van der Waals surface area contributed by atoms with Gasteiger partial charge in [0.05, 0.1) is 11.3 Å². The van der Waals surface area contributed by atoms with Crippen molar-refractivity contribution in [3.05, 3.63) is 39.4 Å². The summed E-state index contributed by atoms with van der Waals surface area (Å²) in [5.41, 5.74) is 0.674. The molecule has 1 fully saturated rings. The molecule has 106 valence electrons. The lowest BCUT2D eigenvalue weighted by Gasteiger charge is -2.38. The number of benzene rings is 1. The molecule has 0 aliphatic carbocycles. The normalized spacial score (nSPS) is 14.8. The molecule has 0 saturated carbocycles. The first-order valence-electron chi connectivity index (χ1n) is 6.14. The summed E-state index contributed by atoms with van der Waals surface area (Å²) in [5.74, 6) is -1.21. The van der Waals surface area contributed by atoms with Crippen LogP contribution in [0.15, 0.2) is 18.2 Å². The average molecular weight is 278 g/mol. The number of nitrogens with zero attached hydrogens (tertiary/aromatic N) is 2. The summed E-state index contributed by atoms with van der Waals surface area (Å²) in [7, 11) is 0. The summed E-state index contributed by atoms with van der Waals surface area (Å²) < 4.78 is 0.